The number of hydrogen-bond acceptors (Lipinski definition) is 4. The number of Topliss-reactive ketones (excluding diaryl/α,β-unsaturated/α-hetero) is 1. The normalized spacial score (nSPS) is 13.8. The number of carbonyl (C=O) groups excluding carboxylic acids is 3. The zero-order valence-corrected chi connectivity index (χ0v) is 11.9. The highest BCUT2D eigenvalue weighted by molar-refractivity contribution is 6.01. The summed E-state index contributed by atoms with van der Waals surface area (Å²) in [4.78, 5) is 40.0. The van der Waals surface area contributed by atoms with Gasteiger partial charge in [-0.05, 0) is 18.9 Å². The van der Waals surface area contributed by atoms with Crippen molar-refractivity contribution in [1.29, 1.82) is 0 Å². The molecular weight excluding hydrogens is 260 g/mol. The van der Waals surface area contributed by atoms with E-state index in [2.05, 4.69) is 4.98 Å². The van der Waals surface area contributed by atoms with E-state index in [1.165, 1.54) is 14.0 Å². The predicted octanol–water partition coefficient (Wildman–Crippen LogP) is 1.09. The summed E-state index contributed by atoms with van der Waals surface area (Å²) in [5.41, 5.74) is 1.65. The molecule has 0 aliphatic carbocycles. The summed E-state index contributed by atoms with van der Waals surface area (Å²) in [6.07, 6.45) is 1.09. The first-order valence-electron chi connectivity index (χ1n) is 6.54. The van der Waals surface area contributed by atoms with Gasteiger partial charge in [0, 0.05) is 25.7 Å². The molecule has 0 bridgehead atoms. The third kappa shape index (κ3) is 2.45. The van der Waals surface area contributed by atoms with Crippen LogP contribution >= 0.6 is 0 Å². The fraction of sp³-hybridized carbons (Fsp3) is 0.500. The second kappa shape index (κ2) is 5.48. The van der Waals surface area contributed by atoms with Gasteiger partial charge in [0.05, 0.1) is 24.8 Å². The lowest BCUT2D eigenvalue weighted by Crippen LogP contribution is -2.43. The zero-order valence-electron chi connectivity index (χ0n) is 11.9. The molecule has 6 nitrogen and oxygen atoms in total. The van der Waals surface area contributed by atoms with Gasteiger partial charge >= 0.3 is 5.97 Å². The molecule has 0 unspecified atom stereocenters. The number of H-pyrrole nitrogens is 1. The fourth-order valence-corrected chi connectivity index (χ4v) is 2.35. The molecule has 0 spiro atoms. The van der Waals surface area contributed by atoms with Crippen LogP contribution in [0.4, 0.5) is 0 Å². The van der Waals surface area contributed by atoms with Crippen LogP contribution in [0.25, 0.3) is 0 Å². The van der Waals surface area contributed by atoms with E-state index < -0.39 is 5.97 Å². The maximum Gasteiger partial charge on any atom is 0.339 e. The van der Waals surface area contributed by atoms with Crippen LogP contribution in [0.3, 0.4) is 0 Å². The molecule has 1 N–H and O–H groups in total. The Balaban J connectivity index is 2.34. The molecular formula is C14H18N2O4. The highest BCUT2D eigenvalue weighted by Crippen LogP contribution is 2.21. The second-order valence-corrected chi connectivity index (χ2v) is 4.94. The molecule has 1 saturated heterocycles. The van der Waals surface area contributed by atoms with Gasteiger partial charge in [-0.2, -0.15) is 0 Å². The van der Waals surface area contributed by atoms with Gasteiger partial charge in [0.2, 0.25) is 5.91 Å². The highest BCUT2D eigenvalue weighted by atomic mass is 16.5. The Morgan fingerprint density at radius 3 is 2.40 bits per heavy atom. The number of ketones is 1. The Hall–Kier alpha value is -2.11. The van der Waals surface area contributed by atoms with E-state index >= 15 is 0 Å². The smallest absolute Gasteiger partial charge is 0.339 e. The third-order valence-corrected chi connectivity index (χ3v) is 3.61. The number of hydrogen-bond donors (Lipinski definition) is 1. The fourth-order valence-electron chi connectivity index (χ4n) is 2.35. The number of ether oxygens (including phenoxy) is 1. The summed E-state index contributed by atoms with van der Waals surface area (Å²) in [7, 11) is 1.28. The van der Waals surface area contributed by atoms with Crippen molar-refractivity contribution in [2.24, 2.45) is 0 Å². The number of aromatic amines is 1. The van der Waals surface area contributed by atoms with Gasteiger partial charge < -0.3 is 14.6 Å². The number of carbonyl (C=O) groups is 3. The average molecular weight is 278 g/mol. The number of rotatable bonds is 4. The van der Waals surface area contributed by atoms with Crippen molar-refractivity contribution < 1.29 is 19.1 Å². The summed E-state index contributed by atoms with van der Waals surface area (Å²) >= 11 is 0. The summed E-state index contributed by atoms with van der Waals surface area (Å²) in [6.45, 7) is 4.61. The van der Waals surface area contributed by atoms with Gasteiger partial charge in [-0.1, -0.05) is 0 Å². The SMILES string of the molecule is COC(=O)c1c(CC(=O)N2CCC2)[nH]c(C(C)=O)c1C. The minimum absolute atomic E-state index is 0.0437. The van der Waals surface area contributed by atoms with Gasteiger partial charge in [0.15, 0.2) is 5.78 Å². The van der Waals surface area contributed by atoms with Crippen molar-refractivity contribution in [3.05, 3.63) is 22.5 Å². The Labute approximate surface area is 117 Å². The number of nitrogens with zero attached hydrogens (tertiary/aromatic N) is 1. The molecule has 1 fully saturated rings. The number of esters is 1. The molecule has 1 aromatic heterocycles. The number of nitrogens with one attached hydrogen (secondary N) is 1. The Morgan fingerprint density at radius 1 is 1.30 bits per heavy atom. The number of methoxy groups -OCH3 is 1. The van der Waals surface area contributed by atoms with E-state index in [9.17, 15) is 14.4 Å². The zero-order chi connectivity index (χ0) is 14.9. The average Bonchev–Trinajstić information content (AvgIpc) is 2.63. The summed E-state index contributed by atoms with van der Waals surface area (Å²) in [6, 6.07) is 0. The van der Waals surface area contributed by atoms with Crippen molar-refractivity contribution in [1.82, 2.24) is 9.88 Å². The largest absolute Gasteiger partial charge is 0.465 e. The van der Waals surface area contributed by atoms with E-state index in [1.807, 2.05) is 0 Å². The van der Waals surface area contributed by atoms with Crippen LogP contribution in [-0.2, 0) is 16.0 Å². The van der Waals surface area contributed by atoms with Crippen molar-refractivity contribution in [3.8, 4) is 0 Å². The van der Waals surface area contributed by atoms with E-state index in [0.717, 1.165) is 19.5 Å². The van der Waals surface area contributed by atoms with E-state index in [4.69, 9.17) is 4.74 Å². The predicted molar refractivity (Wildman–Crippen MR) is 71.8 cm³/mol. The Kier molecular flexibility index (Phi) is 3.92. The van der Waals surface area contributed by atoms with Crippen LogP contribution in [0.1, 0.15) is 45.4 Å². The van der Waals surface area contributed by atoms with Crippen LogP contribution in [0.2, 0.25) is 0 Å². The molecule has 0 atom stereocenters. The lowest BCUT2D eigenvalue weighted by molar-refractivity contribution is -0.133. The third-order valence-electron chi connectivity index (χ3n) is 3.61. The number of likely N-dealkylation sites (tertiary alicyclic amines) is 1. The van der Waals surface area contributed by atoms with Gasteiger partial charge in [0.25, 0.3) is 0 Å². The Bertz CT molecular complexity index is 570. The van der Waals surface area contributed by atoms with Gasteiger partial charge in [-0.25, -0.2) is 4.79 Å². The van der Waals surface area contributed by atoms with Gasteiger partial charge in [-0.3, -0.25) is 9.59 Å². The first-order chi connectivity index (χ1) is 9.45. The van der Waals surface area contributed by atoms with Gasteiger partial charge in [0.1, 0.15) is 0 Å². The monoisotopic (exact) mass is 278 g/mol. The standard InChI is InChI=1S/C14H18N2O4/c1-8-12(14(19)20-3)10(15-13(8)9(2)17)7-11(18)16-5-4-6-16/h15H,4-7H2,1-3H3. The molecule has 6 heteroatoms. The molecule has 0 radical (unpaired) electrons. The maximum atomic E-state index is 12.0. The van der Waals surface area contributed by atoms with Gasteiger partial charge in [-0.15, -0.1) is 0 Å². The molecule has 2 rings (SSSR count). The minimum Gasteiger partial charge on any atom is -0.465 e. The molecule has 1 amide bonds. The molecule has 2 heterocycles. The number of aromatic nitrogens is 1. The molecule has 0 saturated carbocycles. The second-order valence-electron chi connectivity index (χ2n) is 4.94. The van der Waals surface area contributed by atoms with Crippen LogP contribution in [-0.4, -0.2) is 47.7 Å². The molecule has 1 aliphatic heterocycles. The van der Waals surface area contributed by atoms with Crippen LogP contribution in [0, 0.1) is 6.92 Å². The molecule has 20 heavy (non-hydrogen) atoms. The minimum atomic E-state index is -0.530. The highest BCUT2D eigenvalue weighted by Gasteiger charge is 2.27. The molecule has 108 valence electrons. The summed E-state index contributed by atoms with van der Waals surface area (Å²) in [5, 5.41) is 0. The summed E-state index contributed by atoms with van der Waals surface area (Å²) in [5.74, 6) is -0.745. The van der Waals surface area contributed by atoms with Crippen molar-refractivity contribution in [2.75, 3.05) is 20.2 Å². The van der Waals surface area contributed by atoms with E-state index in [1.54, 1.807) is 11.8 Å². The first kappa shape index (κ1) is 14.3. The van der Waals surface area contributed by atoms with Crippen molar-refractivity contribution in [2.45, 2.75) is 26.7 Å². The van der Waals surface area contributed by atoms with Crippen molar-refractivity contribution in [3.63, 3.8) is 0 Å². The topological polar surface area (TPSA) is 79.5 Å². The van der Waals surface area contributed by atoms with Crippen LogP contribution in [0.5, 0.6) is 0 Å². The van der Waals surface area contributed by atoms with Crippen LogP contribution in [0.15, 0.2) is 0 Å². The maximum absolute atomic E-state index is 12.0. The quantitative estimate of drug-likeness (QED) is 0.660. The van der Waals surface area contributed by atoms with Crippen LogP contribution < -0.4 is 0 Å². The lowest BCUT2D eigenvalue weighted by Gasteiger charge is -2.30. The molecule has 1 aliphatic rings. The number of amides is 1. The lowest BCUT2D eigenvalue weighted by atomic mass is 10.1. The van der Waals surface area contributed by atoms with E-state index in [-0.39, 0.29) is 18.1 Å². The van der Waals surface area contributed by atoms with Crippen molar-refractivity contribution >= 4 is 17.7 Å². The summed E-state index contributed by atoms with van der Waals surface area (Å²) < 4.78 is 4.74. The molecule has 0 aromatic carbocycles. The molecule has 1 aromatic rings. The van der Waals surface area contributed by atoms with E-state index in [0.29, 0.717) is 22.5 Å². The first-order valence-corrected chi connectivity index (χ1v) is 6.54. The Morgan fingerprint density at radius 2 is 1.95 bits per heavy atom.